The van der Waals surface area contributed by atoms with Crippen LogP contribution < -0.4 is 0 Å². The maximum absolute atomic E-state index is 13.2. The van der Waals surface area contributed by atoms with E-state index in [4.69, 9.17) is 0 Å². The average molecular weight is 419 g/mol. The largest absolute Gasteiger partial charge is 0.335 e. The molecular weight excluding hydrogens is 396 g/mol. The van der Waals surface area contributed by atoms with Crippen LogP contribution in [-0.2, 0) is 0 Å². The molecule has 1 aliphatic heterocycles. The molecule has 2 aromatic carbocycles. The monoisotopic (exact) mass is 418 g/mol. The van der Waals surface area contributed by atoms with Crippen molar-refractivity contribution in [2.75, 3.05) is 26.2 Å². The van der Waals surface area contributed by atoms with Gasteiger partial charge in [-0.25, -0.2) is 0 Å². The Morgan fingerprint density at radius 3 is 1.87 bits per heavy atom. The molecule has 0 spiro atoms. The van der Waals surface area contributed by atoms with Gasteiger partial charge in [-0.3, -0.25) is 14.4 Å². The zero-order valence-electron chi connectivity index (χ0n) is 16.7. The van der Waals surface area contributed by atoms with Crippen molar-refractivity contribution in [2.24, 2.45) is 0 Å². The van der Waals surface area contributed by atoms with Gasteiger partial charge in [0.15, 0.2) is 5.78 Å². The molecule has 6 heteroatoms. The first-order valence-corrected chi connectivity index (χ1v) is 10.7. The Hall–Kier alpha value is -3.25. The number of aryl methyl sites for hydroxylation is 1. The second kappa shape index (κ2) is 8.63. The first-order valence-electron chi connectivity index (χ1n) is 9.88. The van der Waals surface area contributed by atoms with Gasteiger partial charge in [-0.05, 0) is 25.1 Å². The van der Waals surface area contributed by atoms with Crippen LogP contribution in [0.4, 0.5) is 0 Å². The van der Waals surface area contributed by atoms with E-state index in [1.54, 1.807) is 46.2 Å². The zero-order chi connectivity index (χ0) is 21.1. The average Bonchev–Trinajstić information content (AvgIpc) is 3.24. The predicted octanol–water partition coefficient (Wildman–Crippen LogP) is 3.89. The highest BCUT2D eigenvalue weighted by molar-refractivity contribution is 7.13. The number of carbonyl (C=O) groups is 3. The summed E-state index contributed by atoms with van der Waals surface area (Å²) in [6.07, 6.45) is 0. The van der Waals surface area contributed by atoms with Crippen molar-refractivity contribution < 1.29 is 14.4 Å². The Balaban J connectivity index is 1.47. The summed E-state index contributed by atoms with van der Waals surface area (Å²) in [7, 11) is 0. The van der Waals surface area contributed by atoms with Gasteiger partial charge in [-0.1, -0.05) is 48.5 Å². The quantitative estimate of drug-likeness (QED) is 0.604. The fraction of sp³-hybridized carbons (Fsp3) is 0.208. The van der Waals surface area contributed by atoms with Crippen LogP contribution in [0.5, 0.6) is 0 Å². The number of hydrogen-bond donors (Lipinski definition) is 0. The number of ketones is 1. The van der Waals surface area contributed by atoms with Gasteiger partial charge in [-0.2, -0.15) is 0 Å². The highest BCUT2D eigenvalue weighted by Gasteiger charge is 2.28. The zero-order valence-corrected chi connectivity index (χ0v) is 17.5. The normalized spacial score (nSPS) is 13.9. The molecule has 0 bridgehead atoms. The van der Waals surface area contributed by atoms with Crippen LogP contribution in [0.3, 0.4) is 0 Å². The molecule has 0 saturated carbocycles. The van der Waals surface area contributed by atoms with E-state index in [-0.39, 0.29) is 17.6 Å². The number of piperazine rings is 1. The maximum Gasteiger partial charge on any atom is 0.264 e. The number of carbonyl (C=O) groups excluding carboxylic acids is 3. The molecule has 2 heterocycles. The third-order valence-corrected chi connectivity index (χ3v) is 6.23. The van der Waals surface area contributed by atoms with Crippen molar-refractivity contribution in [1.29, 1.82) is 0 Å². The van der Waals surface area contributed by atoms with E-state index in [2.05, 4.69) is 0 Å². The summed E-state index contributed by atoms with van der Waals surface area (Å²) in [5.74, 6) is -0.324. The van der Waals surface area contributed by atoms with E-state index in [1.165, 1.54) is 11.3 Å². The summed E-state index contributed by atoms with van der Waals surface area (Å²) >= 11 is 1.49. The smallest absolute Gasteiger partial charge is 0.264 e. The molecule has 0 radical (unpaired) electrons. The molecule has 0 aliphatic carbocycles. The van der Waals surface area contributed by atoms with Gasteiger partial charge in [0, 0.05) is 42.2 Å². The van der Waals surface area contributed by atoms with E-state index in [0.29, 0.717) is 42.9 Å². The van der Waals surface area contributed by atoms with Crippen LogP contribution >= 0.6 is 11.3 Å². The van der Waals surface area contributed by atoms with Gasteiger partial charge in [0.1, 0.15) is 0 Å². The van der Waals surface area contributed by atoms with E-state index in [9.17, 15) is 14.4 Å². The van der Waals surface area contributed by atoms with Crippen LogP contribution in [0.15, 0.2) is 66.7 Å². The highest BCUT2D eigenvalue weighted by Crippen LogP contribution is 2.20. The molecule has 0 unspecified atom stereocenters. The standard InChI is InChI=1S/C24H22N2O3S/c1-17-11-12-21(30-17)24(29)26-15-13-25(14-16-26)23(28)20-10-6-5-9-19(20)22(27)18-7-3-2-4-8-18/h2-12H,13-16H2,1H3. The van der Waals surface area contributed by atoms with Crippen LogP contribution in [0.2, 0.25) is 0 Å². The molecule has 1 fully saturated rings. The lowest BCUT2D eigenvalue weighted by atomic mass is 9.97. The van der Waals surface area contributed by atoms with Gasteiger partial charge in [0.25, 0.3) is 11.8 Å². The summed E-state index contributed by atoms with van der Waals surface area (Å²) in [5.41, 5.74) is 1.36. The Morgan fingerprint density at radius 2 is 1.27 bits per heavy atom. The fourth-order valence-corrected chi connectivity index (χ4v) is 4.44. The molecular formula is C24H22N2O3S. The number of benzene rings is 2. The minimum atomic E-state index is -0.172. The second-order valence-corrected chi connectivity index (χ2v) is 8.52. The summed E-state index contributed by atoms with van der Waals surface area (Å²) < 4.78 is 0. The second-order valence-electron chi connectivity index (χ2n) is 7.24. The van der Waals surface area contributed by atoms with Crippen molar-refractivity contribution in [3.63, 3.8) is 0 Å². The summed E-state index contributed by atoms with van der Waals surface area (Å²) in [6.45, 7) is 3.84. The van der Waals surface area contributed by atoms with Crippen LogP contribution in [-0.4, -0.2) is 53.6 Å². The molecule has 1 aromatic heterocycles. The number of nitrogens with zero attached hydrogens (tertiary/aromatic N) is 2. The van der Waals surface area contributed by atoms with Crippen molar-refractivity contribution in [3.05, 3.63) is 93.2 Å². The summed E-state index contributed by atoms with van der Waals surface area (Å²) in [6, 6.07) is 19.7. The number of hydrogen-bond acceptors (Lipinski definition) is 4. The molecule has 4 rings (SSSR count). The Bertz CT molecular complexity index is 1080. The molecule has 30 heavy (non-hydrogen) atoms. The first kappa shape index (κ1) is 20.0. The van der Waals surface area contributed by atoms with Gasteiger partial charge in [0.05, 0.1) is 10.4 Å². The van der Waals surface area contributed by atoms with Gasteiger partial charge >= 0.3 is 0 Å². The van der Waals surface area contributed by atoms with Crippen molar-refractivity contribution in [1.82, 2.24) is 9.80 Å². The van der Waals surface area contributed by atoms with Gasteiger partial charge < -0.3 is 9.80 Å². The predicted molar refractivity (Wildman–Crippen MR) is 117 cm³/mol. The summed E-state index contributed by atoms with van der Waals surface area (Å²) in [4.78, 5) is 44.1. The minimum Gasteiger partial charge on any atom is -0.335 e. The molecule has 1 saturated heterocycles. The Morgan fingerprint density at radius 1 is 0.700 bits per heavy atom. The van der Waals surface area contributed by atoms with Crippen molar-refractivity contribution in [3.8, 4) is 0 Å². The number of rotatable bonds is 4. The molecule has 152 valence electrons. The Labute approximate surface area is 179 Å². The third kappa shape index (κ3) is 4.04. The van der Waals surface area contributed by atoms with E-state index in [1.807, 2.05) is 37.3 Å². The highest BCUT2D eigenvalue weighted by atomic mass is 32.1. The molecule has 3 aromatic rings. The van der Waals surface area contributed by atoms with Crippen molar-refractivity contribution >= 4 is 28.9 Å². The van der Waals surface area contributed by atoms with E-state index in [0.717, 1.165) is 9.75 Å². The molecule has 0 atom stereocenters. The number of thiophene rings is 1. The van der Waals surface area contributed by atoms with Gasteiger partial charge in [0.2, 0.25) is 0 Å². The fourth-order valence-electron chi connectivity index (χ4n) is 3.60. The molecule has 5 nitrogen and oxygen atoms in total. The topological polar surface area (TPSA) is 57.7 Å². The molecule has 0 N–H and O–H groups in total. The van der Waals surface area contributed by atoms with Gasteiger partial charge in [-0.15, -0.1) is 11.3 Å². The van der Waals surface area contributed by atoms with Crippen molar-refractivity contribution in [2.45, 2.75) is 6.92 Å². The van der Waals surface area contributed by atoms with Crippen LogP contribution in [0.25, 0.3) is 0 Å². The minimum absolute atomic E-state index is 0.0138. The number of amides is 2. The van der Waals surface area contributed by atoms with E-state index >= 15 is 0 Å². The van der Waals surface area contributed by atoms with Crippen LogP contribution in [0, 0.1) is 6.92 Å². The van der Waals surface area contributed by atoms with E-state index < -0.39 is 0 Å². The first-order chi connectivity index (χ1) is 14.5. The summed E-state index contributed by atoms with van der Waals surface area (Å²) in [5, 5.41) is 0. The lowest BCUT2D eigenvalue weighted by Gasteiger charge is -2.34. The lowest BCUT2D eigenvalue weighted by Crippen LogP contribution is -2.50. The maximum atomic E-state index is 13.2. The molecule has 2 amide bonds. The lowest BCUT2D eigenvalue weighted by molar-refractivity contribution is 0.0537. The Kier molecular flexibility index (Phi) is 5.77. The molecule has 1 aliphatic rings. The SMILES string of the molecule is Cc1ccc(C(=O)N2CCN(C(=O)c3ccccc3C(=O)c3ccccc3)CC2)s1. The van der Waals surface area contributed by atoms with Crippen LogP contribution in [0.1, 0.15) is 40.8 Å². The third-order valence-electron chi connectivity index (χ3n) is 5.24.